The number of benzene rings is 6. The number of aromatic hydroxyl groups is 2. The molecule has 0 fully saturated rings. The summed E-state index contributed by atoms with van der Waals surface area (Å²) in [4.78, 5) is 28.3. The van der Waals surface area contributed by atoms with Crippen molar-refractivity contribution in [3.63, 3.8) is 0 Å². The number of aliphatic hydroxyl groups is 2. The first-order valence-corrected chi connectivity index (χ1v) is 22.0. The van der Waals surface area contributed by atoms with Crippen molar-refractivity contribution < 1.29 is 30.0 Å². The summed E-state index contributed by atoms with van der Waals surface area (Å²) >= 11 is 0. The molecule has 66 heavy (non-hydrogen) atoms. The smallest absolute Gasteiger partial charge is 0.229 e. The van der Waals surface area contributed by atoms with Gasteiger partial charge in [0.15, 0.2) is 11.5 Å². The number of anilines is 4. The Kier molecular flexibility index (Phi) is 12.1. The molecule has 0 spiro atoms. The molecule has 0 aliphatic heterocycles. The molecule has 0 amide bonds. The summed E-state index contributed by atoms with van der Waals surface area (Å²) in [5.41, 5.74) is 22.6. The molecule has 0 heterocycles. The Morgan fingerprint density at radius 2 is 0.788 bits per heavy atom. The van der Waals surface area contributed by atoms with Crippen LogP contribution in [-0.4, -0.2) is 32.0 Å². The van der Waals surface area contributed by atoms with E-state index in [1.165, 1.54) is 12.4 Å². The summed E-state index contributed by atoms with van der Waals surface area (Å²) < 4.78 is 0. The summed E-state index contributed by atoms with van der Waals surface area (Å²) in [6.07, 6.45) is 4.38. The quantitative estimate of drug-likeness (QED) is 0.0459. The first kappa shape index (κ1) is 44.6. The van der Waals surface area contributed by atoms with Crippen molar-refractivity contribution in [1.29, 1.82) is 0 Å². The molecule has 6 aromatic carbocycles. The van der Waals surface area contributed by atoms with Crippen LogP contribution >= 0.6 is 0 Å². The van der Waals surface area contributed by atoms with Crippen LogP contribution < -0.4 is 22.1 Å². The first-order chi connectivity index (χ1) is 31.5. The monoisotopic (exact) mass is 878 g/mol. The Labute approximate surface area is 385 Å². The Morgan fingerprint density at radius 3 is 1.09 bits per heavy atom. The zero-order valence-corrected chi connectivity index (χ0v) is 37.9. The fourth-order valence-corrected chi connectivity index (χ4v) is 9.12. The van der Waals surface area contributed by atoms with Crippen LogP contribution in [0.2, 0.25) is 0 Å². The summed E-state index contributed by atoms with van der Waals surface area (Å²) in [7, 11) is 0. The van der Waals surface area contributed by atoms with Gasteiger partial charge in [0.2, 0.25) is 11.6 Å². The third kappa shape index (κ3) is 8.41. The van der Waals surface area contributed by atoms with Crippen LogP contribution in [0.25, 0.3) is 33.4 Å². The number of aryl methyl sites for hydroxylation is 2. The van der Waals surface area contributed by atoms with Crippen molar-refractivity contribution in [2.45, 2.75) is 54.4 Å². The van der Waals surface area contributed by atoms with Crippen LogP contribution in [0.15, 0.2) is 133 Å². The van der Waals surface area contributed by atoms with E-state index in [0.29, 0.717) is 69.0 Å². The first-order valence-electron chi connectivity index (χ1n) is 22.0. The molecule has 0 unspecified atom stereocenters. The molecule has 0 atom stereocenters. The summed E-state index contributed by atoms with van der Waals surface area (Å²) in [6.45, 7) is 11.0. The van der Waals surface area contributed by atoms with Gasteiger partial charge in [0, 0.05) is 68.5 Å². The van der Waals surface area contributed by atoms with Crippen molar-refractivity contribution in [1.82, 2.24) is 0 Å². The molecule has 334 valence electrons. The van der Waals surface area contributed by atoms with Crippen molar-refractivity contribution in [2.75, 3.05) is 22.1 Å². The van der Waals surface area contributed by atoms with Crippen molar-refractivity contribution in [3.8, 4) is 22.6 Å². The van der Waals surface area contributed by atoms with Gasteiger partial charge in [-0.05, 0) is 132 Å². The molecular formula is C56H54N4O6. The maximum atomic E-state index is 14.2. The Balaban J connectivity index is 1.21. The topological polar surface area (TPSA) is 191 Å². The molecule has 10 N–H and O–H groups in total. The van der Waals surface area contributed by atoms with E-state index in [4.69, 9.17) is 11.5 Å². The Morgan fingerprint density at radius 1 is 0.485 bits per heavy atom. The van der Waals surface area contributed by atoms with Gasteiger partial charge in [0.25, 0.3) is 0 Å². The van der Waals surface area contributed by atoms with Crippen molar-refractivity contribution in [2.24, 2.45) is 11.8 Å². The number of Topliss-reactive ketones (excluding diaryl/α,β-unsaturated/α-hetero) is 2. The molecule has 8 rings (SSSR count). The number of phenols is 2. The van der Waals surface area contributed by atoms with E-state index in [0.717, 1.165) is 22.3 Å². The predicted molar refractivity (Wildman–Crippen MR) is 267 cm³/mol. The number of fused-ring (bicyclic) bond motifs is 2. The molecular weight excluding hydrogens is 825 g/mol. The third-order valence-corrected chi connectivity index (χ3v) is 12.4. The van der Waals surface area contributed by atoms with Gasteiger partial charge in [-0.2, -0.15) is 0 Å². The highest BCUT2D eigenvalue weighted by Crippen LogP contribution is 2.53. The highest BCUT2D eigenvalue weighted by molar-refractivity contribution is 6.35. The molecule has 6 aromatic rings. The number of nitrogens with one attached hydrogen (secondary N) is 2. The number of carbonyl (C=O) groups is 2. The van der Waals surface area contributed by atoms with Gasteiger partial charge < -0.3 is 42.5 Å². The van der Waals surface area contributed by atoms with Crippen LogP contribution in [0.4, 0.5) is 22.7 Å². The minimum atomic E-state index is -0.669. The van der Waals surface area contributed by atoms with Gasteiger partial charge in [-0.1, -0.05) is 88.4 Å². The summed E-state index contributed by atoms with van der Waals surface area (Å²) in [6, 6.07) is 34.5. The van der Waals surface area contributed by atoms with Crippen LogP contribution in [0.5, 0.6) is 11.5 Å². The highest BCUT2D eigenvalue weighted by Gasteiger charge is 2.38. The molecule has 0 saturated carbocycles. The summed E-state index contributed by atoms with van der Waals surface area (Å²) in [5, 5.41) is 54.4. The van der Waals surface area contributed by atoms with Gasteiger partial charge in [-0.3, -0.25) is 9.59 Å². The minimum Gasteiger partial charge on any atom is -0.507 e. The lowest BCUT2D eigenvalue weighted by atomic mass is 9.75. The molecule has 0 aromatic heterocycles. The third-order valence-electron chi connectivity index (χ3n) is 12.4. The second kappa shape index (κ2) is 17.9. The number of aliphatic hydroxyl groups excluding tert-OH is 2. The fraction of sp³-hybridized carbons (Fsp3) is 0.179. The Hall–Kier alpha value is -7.98. The number of carbonyl (C=O) groups excluding carboxylic acids is 2. The van der Waals surface area contributed by atoms with Crippen LogP contribution in [-0.2, 0) is 22.4 Å². The van der Waals surface area contributed by atoms with E-state index in [1.807, 2.05) is 137 Å². The highest BCUT2D eigenvalue weighted by atomic mass is 16.3. The van der Waals surface area contributed by atoms with E-state index >= 15 is 0 Å². The number of hydrogen-bond acceptors (Lipinski definition) is 10. The minimum absolute atomic E-state index is 0.0288. The zero-order valence-electron chi connectivity index (χ0n) is 37.9. The maximum absolute atomic E-state index is 14.2. The van der Waals surface area contributed by atoms with E-state index in [2.05, 4.69) is 10.6 Å². The fourth-order valence-electron chi connectivity index (χ4n) is 9.12. The van der Waals surface area contributed by atoms with Gasteiger partial charge >= 0.3 is 0 Å². The van der Waals surface area contributed by atoms with Gasteiger partial charge in [0.1, 0.15) is 11.5 Å². The molecule has 2 aliphatic rings. The second-order valence-corrected chi connectivity index (χ2v) is 17.8. The molecule has 0 bridgehead atoms. The number of nitrogen functional groups attached to an aromatic ring is 2. The van der Waals surface area contributed by atoms with Gasteiger partial charge in [0.05, 0.1) is 11.1 Å². The van der Waals surface area contributed by atoms with Crippen LogP contribution in [0.1, 0.15) is 83.3 Å². The van der Waals surface area contributed by atoms with E-state index < -0.39 is 23.1 Å². The molecule has 10 heteroatoms. The van der Waals surface area contributed by atoms with E-state index in [-0.39, 0.29) is 56.7 Å². The number of hydrogen-bond donors (Lipinski definition) is 8. The lowest BCUT2D eigenvalue weighted by Crippen LogP contribution is -2.20. The SMILES string of the molecule is Cc1cc2c(c(O)c1-c1c(C)cc3c(c1O)C(=CNc1ccc(Cc4ccc(N)cc4)cc1)C(=O)C(O)=C3C(C)C)C(=CNc1ccc(Cc3ccc(N)cc3)cc1)C(=O)C(O)=C2C(C)C. The zero-order chi connectivity index (χ0) is 47.1. The van der Waals surface area contributed by atoms with Crippen molar-refractivity contribution in [3.05, 3.63) is 189 Å². The van der Waals surface area contributed by atoms with Crippen LogP contribution in [0, 0.1) is 25.7 Å². The maximum Gasteiger partial charge on any atom is 0.229 e. The number of allylic oxidation sites excluding steroid dienone is 4. The number of phenolic OH excluding ortho intramolecular Hbond substituents is 2. The van der Waals surface area contributed by atoms with Gasteiger partial charge in [-0.15, -0.1) is 0 Å². The largest absolute Gasteiger partial charge is 0.507 e. The number of ketones is 2. The second-order valence-electron chi connectivity index (χ2n) is 17.8. The van der Waals surface area contributed by atoms with E-state index in [1.54, 1.807) is 13.8 Å². The summed E-state index contributed by atoms with van der Waals surface area (Å²) in [5.74, 6) is -3.29. The normalized spacial score (nSPS) is 15.0. The molecule has 0 saturated heterocycles. The number of rotatable bonds is 11. The Bertz CT molecular complexity index is 2840. The van der Waals surface area contributed by atoms with E-state index in [9.17, 15) is 30.0 Å². The molecule has 10 nitrogen and oxygen atoms in total. The average Bonchev–Trinajstić information content (AvgIpc) is 3.28. The molecule has 0 radical (unpaired) electrons. The van der Waals surface area contributed by atoms with Crippen LogP contribution in [0.3, 0.4) is 0 Å². The lowest BCUT2D eigenvalue weighted by Gasteiger charge is -2.29. The van der Waals surface area contributed by atoms with Crippen molar-refractivity contribution >= 4 is 56.6 Å². The number of nitrogens with two attached hydrogens (primary N) is 2. The molecule has 2 aliphatic carbocycles. The van der Waals surface area contributed by atoms with Gasteiger partial charge in [-0.25, -0.2) is 0 Å². The predicted octanol–water partition coefficient (Wildman–Crippen LogP) is 11.6. The average molecular weight is 879 g/mol. The lowest BCUT2D eigenvalue weighted by molar-refractivity contribution is -0.113. The standard InChI is InChI=1S/C56H54N4O6/c1-29(2)45-41-23-31(5)47(53(63)49(41)43(51(61)55(45)65)27-59-39-19-11-35(12-20-39)25-33-7-15-37(57)16-8-33)48-32(6)24-42-46(30(3)4)56(66)52(62)44(50(42)54(48)64)28-60-40-21-13-36(14-22-40)26-34-9-17-38(58)18-10-34/h7-24,27-30,59-60,63-66H,25-26,57-58H2,1-6H3.